The van der Waals surface area contributed by atoms with Crippen molar-refractivity contribution in [3.8, 4) is 0 Å². The average Bonchev–Trinajstić information content (AvgIpc) is 2.66. The van der Waals surface area contributed by atoms with Crippen LogP contribution in [0.15, 0.2) is 0 Å². The standard InChI is InChI=1S/C12H18N2O2S/c1-3-16-12(15)10-8-5-4-7(2)6-9(8)17-11(10)14-13/h7,14H,3-6,13H2,1-2H3. The van der Waals surface area contributed by atoms with Crippen molar-refractivity contribution in [2.24, 2.45) is 11.8 Å². The highest BCUT2D eigenvalue weighted by atomic mass is 32.1. The Morgan fingerprint density at radius 2 is 2.41 bits per heavy atom. The number of ether oxygens (including phenoxy) is 1. The zero-order valence-electron chi connectivity index (χ0n) is 10.2. The number of hydrazine groups is 1. The Kier molecular flexibility index (Phi) is 3.69. The molecule has 1 aromatic heterocycles. The van der Waals surface area contributed by atoms with Crippen LogP contribution in [-0.2, 0) is 17.6 Å². The number of hydrogen-bond donors (Lipinski definition) is 2. The van der Waals surface area contributed by atoms with Gasteiger partial charge in [-0.3, -0.25) is 0 Å². The van der Waals surface area contributed by atoms with Crippen molar-refractivity contribution in [3.05, 3.63) is 16.0 Å². The molecule has 0 fully saturated rings. The van der Waals surface area contributed by atoms with Crippen molar-refractivity contribution in [2.45, 2.75) is 33.1 Å². The zero-order valence-corrected chi connectivity index (χ0v) is 11.0. The normalized spacial score (nSPS) is 18.6. The average molecular weight is 254 g/mol. The van der Waals surface area contributed by atoms with E-state index in [0.717, 1.165) is 29.8 Å². The molecule has 2 rings (SSSR count). The summed E-state index contributed by atoms with van der Waals surface area (Å²) in [5, 5.41) is 0.738. The van der Waals surface area contributed by atoms with E-state index in [1.807, 2.05) is 6.92 Å². The Labute approximate surface area is 105 Å². The Hall–Kier alpha value is -1.07. The maximum absolute atomic E-state index is 11.9. The van der Waals surface area contributed by atoms with Crippen LogP contribution in [0.1, 0.15) is 41.1 Å². The van der Waals surface area contributed by atoms with E-state index in [4.69, 9.17) is 10.6 Å². The van der Waals surface area contributed by atoms with Crippen LogP contribution in [0.5, 0.6) is 0 Å². The van der Waals surface area contributed by atoms with Gasteiger partial charge in [0, 0.05) is 4.88 Å². The highest BCUT2D eigenvalue weighted by molar-refractivity contribution is 7.16. The molecule has 0 saturated carbocycles. The van der Waals surface area contributed by atoms with Crippen LogP contribution >= 0.6 is 11.3 Å². The van der Waals surface area contributed by atoms with Gasteiger partial charge >= 0.3 is 5.97 Å². The molecule has 1 aliphatic rings. The summed E-state index contributed by atoms with van der Waals surface area (Å²) in [4.78, 5) is 13.2. The Morgan fingerprint density at radius 3 is 3.06 bits per heavy atom. The number of esters is 1. The molecule has 0 spiro atoms. The van der Waals surface area contributed by atoms with Crippen molar-refractivity contribution < 1.29 is 9.53 Å². The van der Waals surface area contributed by atoms with Crippen molar-refractivity contribution in [3.63, 3.8) is 0 Å². The highest BCUT2D eigenvalue weighted by Gasteiger charge is 2.27. The third kappa shape index (κ3) is 2.30. The molecule has 1 atom stereocenters. The van der Waals surface area contributed by atoms with E-state index >= 15 is 0 Å². The zero-order chi connectivity index (χ0) is 12.4. The molecule has 0 aromatic carbocycles. The number of thiophene rings is 1. The number of carbonyl (C=O) groups excluding carboxylic acids is 1. The quantitative estimate of drug-likeness (QED) is 0.493. The molecule has 5 heteroatoms. The smallest absolute Gasteiger partial charge is 0.341 e. The summed E-state index contributed by atoms with van der Waals surface area (Å²) in [7, 11) is 0. The van der Waals surface area contributed by atoms with Gasteiger partial charge in [-0.1, -0.05) is 6.92 Å². The predicted molar refractivity (Wildman–Crippen MR) is 69.3 cm³/mol. The summed E-state index contributed by atoms with van der Waals surface area (Å²) in [6.45, 7) is 4.44. The first-order valence-electron chi connectivity index (χ1n) is 5.95. The number of carbonyl (C=O) groups is 1. The third-order valence-electron chi connectivity index (χ3n) is 3.12. The van der Waals surface area contributed by atoms with E-state index in [9.17, 15) is 4.79 Å². The maximum atomic E-state index is 11.9. The van der Waals surface area contributed by atoms with Crippen LogP contribution in [-0.4, -0.2) is 12.6 Å². The molecular weight excluding hydrogens is 236 g/mol. The lowest BCUT2D eigenvalue weighted by Gasteiger charge is -2.18. The monoisotopic (exact) mass is 254 g/mol. The van der Waals surface area contributed by atoms with Crippen molar-refractivity contribution >= 4 is 22.3 Å². The largest absolute Gasteiger partial charge is 0.462 e. The van der Waals surface area contributed by atoms with Gasteiger partial charge in [0.25, 0.3) is 0 Å². The molecule has 4 nitrogen and oxygen atoms in total. The van der Waals surface area contributed by atoms with Gasteiger partial charge in [-0.2, -0.15) is 0 Å². The van der Waals surface area contributed by atoms with E-state index in [2.05, 4.69) is 12.3 Å². The molecule has 0 radical (unpaired) electrons. The molecule has 0 saturated heterocycles. The number of nitrogens with two attached hydrogens (primary N) is 1. The van der Waals surface area contributed by atoms with Crippen molar-refractivity contribution in [1.29, 1.82) is 0 Å². The molecule has 1 aromatic rings. The number of hydrogen-bond acceptors (Lipinski definition) is 5. The van der Waals surface area contributed by atoms with Gasteiger partial charge < -0.3 is 10.2 Å². The first kappa shape index (κ1) is 12.4. The van der Waals surface area contributed by atoms with Gasteiger partial charge in [0.15, 0.2) is 0 Å². The van der Waals surface area contributed by atoms with Crippen LogP contribution < -0.4 is 11.3 Å². The van der Waals surface area contributed by atoms with Gasteiger partial charge in [-0.05, 0) is 37.7 Å². The van der Waals surface area contributed by atoms with Gasteiger partial charge in [-0.25, -0.2) is 10.6 Å². The topological polar surface area (TPSA) is 64.3 Å². The minimum atomic E-state index is -0.257. The van der Waals surface area contributed by atoms with Crippen molar-refractivity contribution in [2.75, 3.05) is 12.0 Å². The van der Waals surface area contributed by atoms with E-state index in [1.54, 1.807) is 11.3 Å². The second kappa shape index (κ2) is 5.06. The molecule has 1 aliphatic carbocycles. The number of anilines is 1. The summed E-state index contributed by atoms with van der Waals surface area (Å²) in [6.07, 6.45) is 3.11. The second-order valence-corrected chi connectivity index (χ2v) is 5.53. The van der Waals surface area contributed by atoms with Crippen LogP contribution in [0.2, 0.25) is 0 Å². The summed E-state index contributed by atoms with van der Waals surface area (Å²) in [6, 6.07) is 0. The Balaban J connectivity index is 2.39. The molecule has 1 unspecified atom stereocenters. The molecule has 94 valence electrons. The van der Waals surface area contributed by atoms with E-state index in [0.29, 0.717) is 18.1 Å². The molecule has 17 heavy (non-hydrogen) atoms. The van der Waals surface area contributed by atoms with E-state index in [-0.39, 0.29) is 5.97 Å². The molecule has 0 bridgehead atoms. The van der Waals surface area contributed by atoms with Crippen LogP contribution in [0.3, 0.4) is 0 Å². The SMILES string of the molecule is CCOC(=O)c1c(NN)sc2c1CCC(C)C2. The summed E-state index contributed by atoms with van der Waals surface area (Å²) >= 11 is 1.58. The molecule has 1 heterocycles. The predicted octanol–water partition coefficient (Wildman–Crippen LogP) is 2.34. The Bertz CT molecular complexity index is 428. The molecule has 3 N–H and O–H groups in total. The third-order valence-corrected chi connectivity index (χ3v) is 4.31. The van der Waals surface area contributed by atoms with Gasteiger partial charge in [0.1, 0.15) is 5.00 Å². The van der Waals surface area contributed by atoms with Gasteiger partial charge in [-0.15, -0.1) is 11.3 Å². The summed E-state index contributed by atoms with van der Waals surface area (Å²) in [5.41, 5.74) is 4.42. The fourth-order valence-electron chi connectivity index (χ4n) is 2.27. The number of rotatable bonds is 3. The minimum absolute atomic E-state index is 0.257. The molecular formula is C12H18N2O2S. The van der Waals surface area contributed by atoms with Crippen LogP contribution in [0, 0.1) is 5.92 Å². The Morgan fingerprint density at radius 1 is 1.65 bits per heavy atom. The first-order chi connectivity index (χ1) is 8.17. The minimum Gasteiger partial charge on any atom is -0.462 e. The van der Waals surface area contributed by atoms with E-state index in [1.165, 1.54) is 4.88 Å². The number of nitrogens with one attached hydrogen (secondary N) is 1. The van der Waals surface area contributed by atoms with Crippen LogP contribution in [0.25, 0.3) is 0 Å². The summed E-state index contributed by atoms with van der Waals surface area (Å²) in [5.74, 6) is 5.91. The lowest BCUT2D eigenvalue weighted by atomic mass is 9.88. The highest BCUT2D eigenvalue weighted by Crippen LogP contribution is 2.39. The van der Waals surface area contributed by atoms with Gasteiger partial charge in [0.05, 0.1) is 12.2 Å². The lowest BCUT2D eigenvalue weighted by molar-refractivity contribution is 0.0526. The summed E-state index contributed by atoms with van der Waals surface area (Å²) < 4.78 is 5.09. The first-order valence-corrected chi connectivity index (χ1v) is 6.77. The van der Waals surface area contributed by atoms with E-state index < -0.39 is 0 Å². The van der Waals surface area contributed by atoms with Gasteiger partial charge in [0.2, 0.25) is 0 Å². The maximum Gasteiger partial charge on any atom is 0.341 e. The molecule has 0 amide bonds. The fourth-order valence-corrected chi connectivity index (χ4v) is 3.58. The fraction of sp³-hybridized carbons (Fsp3) is 0.583. The second-order valence-electron chi connectivity index (χ2n) is 4.42. The van der Waals surface area contributed by atoms with Crippen LogP contribution in [0.4, 0.5) is 5.00 Å². The lowest BCUT2D eigenvalue weighted by Crippen LogP contribution is -2.15. The van der Waals surface area contributed by atoms with Crippen molar-refractivity contribution in [1.82, 2.24) is 0 Å². The number of fused-ring (bicyclic) bond motifs is 1. The number of nitrogen functional groups attached to an aromatic ring is 1. The molecule has 0 aliphatic heterocycles.